The van der Waals surface area contributed by atoms with Crippen LogP contribution in [0.2, 0.25) is 0 Å². The quantitative estimate of drug-likeness (QED) is 0.0320. The number of amides is 1. The maximum Gasteiger partial charge on any atom is 0.305 e. The van der Waals surface area contributed by atoms with Crippen molar-refractivity contribution in [1.82, 2.24) is 5.32 Å². The molecule has 0 aliphatic heterocycles. The number of rotatable bonds is 71. The average Bonchev–Trinajstić information content (AvgIpc) is 3.49. The van der Waals surface area contributed by atoms with Crippen LogP contribution in [-0.4, -0.2) is 47.4 Å². The van der Waals surface area contributed by atoms with Crippen LogP contribution in [0.5, 0.6) is 0 Å². The molecule has 83 heavy (non-hydrogen) atoms. The van der Waals surface area contributed by atoms with Crippen molar-refractivity contribution in [1.29, 1.82) is 0 Å². The predicted molar refractivity (Wildman–Crippen MR) is 366 cm³/mol. The number of carbonyl (C=O) groups is 2. The molecule has 0 saturated carbocycles. The van der Waals surface area contributed by atoms with Crippen molar-refractivity contribution in [2.24, 2.45) is 0 Å². The summed E-state index contributed by atoms with van der Waals surface area (Å²) >= 11 is 0. The van der Waals surface area contributed by atoms with E-state index in [0.717, 1.165) is 51.4 Å². The number of ether oxygens (including phenoxy) is 1. The Bertz CT molecular complexity index is 1340. The maximum atomic E-state index is 12.6. The van der Waals surface area contributed by atoms with E-state index in [0.29, 0.717) is 25.9 Å². The predicted octanol–water partition coefficient (Wildman–Crippen LogP) is 24.7. The topological polar surface area (TPSA) is 95.9 Å². The van der Waals surface area contributed by atoms with Crippen LogP contribution in [0.25, 0.3) is 0 Å². The first-order valence-electron chi connectivity index (χ1n) is 37.7. The van der Waals surface area contributed by atoms with Gasteiger partial charge in [0.25, 0.3) is 0 Å². The van der Waals surface area contributed by atoms with Crippen LogP contribution in [-0.2, 0) is 14.3 Å². The van der Waals surface area contributed by atoms with E-state index in [4.69, 9.17) is 4.74 Å². The standard InChI is InChI=1S/C77H147NO5/c1-3-5-7-9-11-13-15-17-18-19-20-21-33-36-39-42-46-49-53-57-61-65-69-75(80)74(73-79)78-76(81)70-66-62-58-54-50-47-43-40-37-34-31-29-27-25-23-22-24-26-28-30-32-35-38-41-44-48-52-56-60-64-68-72-83-77(82)71-67-63-59-55-51-45-16-14-12-10-8-6-4-2/h8,10,14,16,24,26,74-75,79-80H,3-7,9,11-13,15,17-23,25,27-73H2,1-2H3,(H,78,81)/b10-8-,16-14-,26-24-. The Balaban J connectivity index is 3.37. The van der Waals surface area contributed by atoms with Crippen LogP contribution in [0.1, 0.15) is 418 Å². The van der Waals surface area contributed by atoms with Gasteiger partial charge in [0.05, 0.1) is 25.4 Å². The molecule has 0 bridgehead atoms. The number of nitrogens with one attached hydrogen (secondary N) is 1. The van der Waals surface area contributed by atoms with Gasteiger partial charge in [-0.1, -0.05) is 365 Å². The van der Waals surface area contributed by atoms with Crippen LogP contribution in [0.3, 0.4) is 0 Å². The Hall–Kier alpha value is -1.92. The second-order valence-electron chi connectivity index (χ2n) is 26.0. The summed E-state index contributed by atoms with van der Waals surface area (Å²) in [5, 5.41) is 23.5. The molecule has 0 saturated heterocycles. The molecule has 0 aromatic rings. The number of esters is 1. The van der Waals surface area contributed by atoms with Gasteiger partial charge in [-0.15, -0.1) is 0 Å². The summed E-state index contributed by atoms with van der Waals surface area (Å²) in [6, 6.07) is -0.541. The van der Waals surface area contributed by atoms with Crippen molar-refractivity contribution in [3.63, 3.8) is 0 Å². The van der Waals surface area contributed by atoms with E-state index in [1.54, 1.807) is 0 Å². The lowest BCUT2D eigenvalue weighted by atomic mass is 10.0. The first kappa shape index (κ1) is 81.1. The van der Waals surface area contributed by atoms with Crippen LogP contribution in [0.4, 0.5) is 0 Å². The summed E-state index contributed by atoms with van der Waals surface area (Å²) in [4.78, 5) is 24.6. The summed E-state index contributed by atoms with van der Waals surface area (Å²) in [5.41, 5.74) is 0. The van der Waals surface area contributed by atoms with Crippen LogP contribution in [0.15, 0.2) is 36.5 Å². The second-order valence-corrected chi connectivity index (χ2v) is 26.0. The minimum absolute atomic E-state index is 0.00280. The molecule has 2 atom stereocenters. The van der Waals surface area contributed by atoms with E-state index in [2.05, 4.69) is 55.6 Å². The molecular weight excluding hydrogens is 1020 g/mol. The average molecular weight is 1170 g/mol. The maximum absolute atomic E-state index is 12.6. The fourth-order valence-electron chi connectivity index (χ4n) is 11.9. The summed E-state index contributed by atoms with van der Waals surface area (Å²) in [5.74, 6) is -0.0254. The number of hydrogen-bond acceptors (Lipinski definition) is 5. The molecule has 0 aromatic carbocycles. The fourth-order valence-corrected chi connectivity index (χ4v) is 11.9. The zero-order valence-corrected chi connectivity index (χ0v) is 56.2. The normalized spacial score (nSPS) is 12.7. The van der Waals surface area contributed by atoms with E-state index in [-0.39, 0.29) is 18.5 Å². The third-order valence-electron chi connectivity index (χ3n) is 17.6. The van der Waals surface area contributed by atoms with Gasteiger partial charge >= 0.3 is 5.97 Å². The molecule has 490 valence electrons. The molecule has 6 nitrogen and oxygen atoms in total. The third-order valence-corrected chi connectivity index (χ3v) is 17.6. The highest BCUT2D eigenvalue weighted by molar-refractivity contribution is 5.76. The molecular formula is C77H147NO5. The van der Waals surface area contributed by atoms with E-state index >= 15 is 0 Å². The SMILES string of the molecule is CCC/C=C\C/C=C\CCCCCCCC(=O)OCCCCCCCCCCCCCC/C=C\CCCCCCCCCCCCCCCCCC(=O)NC(CO)C(O)CCCCCCCCCCCCCCCCCCCCCCCC. The lowest BCUT2D eigenvalue weighted by Crippen LogP contribution is -2.45. The van der Waals surface area contributed by atoms with E-state index in [1.165, 1.54) is 334 Å². The molecule has 0 spiro atoms. The fraction of sp³-hybridized carbons (Fsp3) is 0.896. The summed E-state index contributed by atoms with van der Waals surface area (Å²) in [6.07, 6.45) is 93.6. The molecule has 0 heterocycles. The van der Waals surface area contributed by atoms with Gasteiger partial charge in [0.15, 0.2) is 0 Å². The van der Waals surface area contributed by atoms with Gasteiger partial charge in [0.1, 0.15) is 0 Å². The summed E-state index contributed by atoms with van der Waals surface area (Å²) < 4.78 is 5.48. The van der Waals surface area contributed by atoms with Gasteiger partial charge in [-0.2, -0.15) is 0 Å². The Labute approximate surface area is 519 Å². The zero-order valence-electron chi connectivity index (χ0n) is 56.2. The molecule has 3 N–H and O–H groups in total. The van der Waals surface area contributed by atoms with Crippen molar-refractivity contribution < 1.29 is 24.5 Å². The molecule has 0 rings (SSSR count). The molecule has 0 aromatic heterocycles. The largest absolute Gasteiger partial charge is 0.466 e. The second kappa shape index (κ2) is 72.6. The lowest BCUT2D eigenvalue weighted by Gasteiger charge is -2.22. The molecule has 0 aliphatic carbocycles. The Morgan fingerprint density at radius 2 is 0.627 bits per heavy atom. The van der Waals surface area contributed by atoms with E-state index in [9.17, 15) is 19.8 Å². The third kappa shape index (κ3) is 69.1. The van der Waals surface area contributed by atoms with Gasteiger partial charge in [-0.05, 0) is 77.0 Å². The molecule has 0 fully saturated rings. The van der Waals surface area contributed by atoms with Crippen molar-refractivity contribution in [3.8, 4) is 0 Å². The highest BCUT2D eigenvalue weighted by Gasteiger charge is 2.20. The number of hydrogen-bond donors (Lipinski definition) is 3. The summed E-state index contributed by atoms with van der Waals surface area (Å²) in [7, 11) is 0. The van der Waals surface area contributed by atoms with Crippen molar-refractivity contribution in [3.05, 3.63) is 36.5 Å². The Morgan fingerprint density at radius 3 is 0.976 bits per heavy atom. The Kier molecular flexibility index (Phi) is 70.9. The first-order chi connectivity index (χ1) is 41.0. The first-order valence-corrected chi connectivity index (χ1v) is 37.7. The van der Waals surface area contributed by atoms with E-state index < -0.39 is 12.1 Å². The molecule has 0 radical (unpaired) electrons. The Morgan fingerprint density at radius 1 is 0.337 bits per heavy atom. The smallest absolute Gasteiger partial charge is 0.305 e. The van der Waals surface area contributed by atoms with Gasteiger partial charge in [-0.25, -0.2) is 0 Å². The monoisotopic (exact) mass is 1170 g/mol. The lowest BCUT2D eigenvalue weighted by molar-refractivity contribution is -0.143. The van der Waals surface area contributed by atoms with Crippen LogP contribution >= 0.6 is 0 Å². The number of unbranched alkanes of at least 4 members (excludes halogenated alkanes) is 54. The number of aliphatic hydroxyl groups excluding tert-OH is 2. The molecule has 6 heteroatoms. The highest BCUT2D eigenvalue weighted by Crippen LogP contribution is 2.19. The van der Waals surface area contributed by atoms with Gasteiger partial charge < -0.3 is 20.3 Å². The minimum atomic E-state index is -0.664. The molecule has 2 unspecified atom stereocenters. The van der Waals surface area contributed by atoms with Gasteiger partial charge in [-0.3, -0.25) is 9.59 Å². The highest BCUT2D eigenvalue weighted by atomic mass is 16.5. The summed E-state index contributed by atoms with van der Waals surface area (Å²) in [6.45, 7) is 4.92. The van der Waals surface area contributed by atoms with Crippen molar-refractivity contribution >= 4 is 11.9 Å². The molecule has 1 amide bonds. The number of aliphatic hydroxyl groups is 2. The van der Waals surface area contributed by atoms with Crippen molar-refractivity contribution in [2.45, 2.75) is 431 Å². The van der Waals surface area contributed by atoms with E-state index in [1.807, 2.05) is 0 Å². The van der Waals surface area contributed by atoms with Crippen LogP contribution in [0, 0.1) is 0 Å². The number of carbonyl (C=O) groups excluding carboxylic acids is 2. The van der Waals surface area contributed by atoms with Crippen molar-refractivity contribution in [2.75, 3.05) is 13.2 Å². The zero-order chi connectivity index (χ0) is 59.9. The number of allylic oxidation sites excluding steroid dienone is 6. The van der Waals surface area contributed by atoms with Crippen LogP contribution < -0.4 is 5.32 Å². The molecule has 0 aliphatic rings. The minimum Gasteiger partial charge on any atom is -0.466 e. The van der Waals surface area contributed by atoms with Gasteiger partial charge in [0, 0.05) is 12.8 Å². The van der Waals surface area contributed by atoms with Gasteiger partial charge in [0.2, 0.25) is 5.91 Å².